The van der Waals surface area contributed by atoms with Crippen LogP contribution in [-0.4, -0.2) is 13.7 Å². The minimum Gasteiger partial charge on any atom is -0.384 e. The van der Waals surface area contributed by atoms with Crippen LogP contribution in [0.1, 0.15) is 33.1 Å². The molecule has 0 N–H and O–H groups in total. The van der Waals surface area contributed by atoms with Crippen LogP contribution in [0, 0.1) is 11.3 Å². The highest BCUT2D eigenvalue weighted by Gasteiger charge is 2.33. The smallest absolute Gasteiger partial charge is 0.0516 e. The first-order valence-electron chi connectivity index (χ1n) is 4.16. The van der Waals surface area contributed by atoms with Gasteiger partial charge in [0.15, 0.2) is 0 Å². The molecule has 0 spiro atoms. The second-order valence-electron chi connectivity index (χ2n) is 4.05. The molecule has 1 heteroatoms. The zero-order valence-electron chi connectivity index (χ0n) is 7.31. The monoisotopic (exact) mass is 142 g/mol. The average molecular weight is 142 g/mol. The molecular weight excluding hydrogens is 124 g/mol. The Morgan fingerprint density at radius 1 is 1.40 bits per heavy atom. The van der Waals surface area contributed by atoms with Crippen LogP contribution in [0.2, 0.25) is 0 Å². The van der Waals surface area contributed by atoms with Crippen LogP contribution < -0.4 is 0 Å². The van der Waals surface area contributed by atoms with E-state index < -0.39 is 0 Å². The van der Waals surface area contributed by atoms with E-state index >= 15 is 0 Å². The molecule has 1 fully saturated rings. The first kappa shape index (κ1) is 8.06. The maximum Gasteiger partial charge on any atom is 0.0516 e. The fraction of sp³-hybridized carbons (Fsp3) is 1.00. The van der Waals surface area contributed by atoms with Gasteiger partial charge >= 0.3 is 0 Å². The van der Waals surface area contributed by atoms with Crippen LogP contribution in [0.5, 0.6) is 0 Å². The van der Waals surface area contributed by atoms with E-state index in [0.717, 1.165) is 12.5 Å². The summed E-state index contributed by atoms with van der Waals surface area (Å²) in [6, 6.07) is 0. The summed E-state index contributed by atoms with van der Waals surface area (Å²) < 4.78 is 5.16. The Labute approximate surface area is 63.8 Å². The number of hydrogen-bond donors (Lipinski definition) is 0. The lowest BCUT2D eigenvalue weighted by Gasteiger charge is -2.39. The van der Waals surface area contributed by atoms with Gasteiger partial charge in [-0.3, -0.25) is 0 Å². The van der Waals surface area contributed by atoms with Crippen molar-refractivity contribution < 1.29 is 4.74 Å². The molecule has 0 aromatic rings. The van der Waals surface area contributed by atoms with Gasteiger partial charge < -0.3 is 4.74 Å². The number of methoxy groups -OCH3 is 1. The second kappa shape index (κ2) is 2.91. The lowest BCUT2D eigenvalue weighted by Crippen LogP contribution is -2.33. The predicted molar refractivity (Wildman–Crippen MR) is 43.0 cm³/mol. The Bertz CT molecular complexity index is 103. The van der Waals surface area contributed by atoms with Crippen LogP contribution in [0.3, 0.4) is 0 Å². The van der Waals surface area contributed by atoms with Gasteiger partial charge in [0.1, 0.15) is 0 Å². The van der Waals surface area contributed by atoms with Crippen molar-refractivity contribution in [2.24, 2.45) is 11.3 Å². The molecule has 0 amide bonds. The number of hydrogen-bond acceptors (Lipinski definition) is 1. The van der Waals surface area contributed by atoms with Crippen LogP contribution in [-0.2, 0) is 4.74 Å². The van der Waals surface area contributed by atoms with Crippen molar-refractivity contribution in [2.75, 3.05) is 13.7 Å². The molecule has 0 aromatic carbocycles. The van der Waals surface area contributed by atoms with Crippen molar-refractivity contribution >= 4 is 0 Å². The van der Waals surface area contributed by atoms with Gasteiger partial charge in [0, 0.05) is 7.11 Å². The highest BCUT2D eigenvalue weighted by molar-refractivity contribution is 4.83. The standard InChI is InChI=1S/C9H18O/c1-9(2,7-10-3)8-5-4-6-8/h8H,4-7H2,1-3H3. The van der Waals surface area contributed by atoms with Gasteiger partial charge in [0.05, 0.1) is 6.61 Å². The second-order valence-corrected chi connectivity index (χ2v) is 4.05. The van der Waals surface area contributed by atoms with Crippen LogP contribution in [0.15, 0.2) is 0 Å². The summed E-state index contributed by atoms with van der Waals surface area (Å²) >= 11 is 0. The first-order chi connectivity index (χ1) is 4.67. The van der Waals surface area contributed by atoms with E-state index in [-0.39, 0.29) is 0 Å². The molecule has 1 saturated carbocycles. The van der Waals surface area contributed by atoms with Gasteiger partial charge in [-0.1, -0.05) is 20.3 Å². The van der Waals surface area contributed by atoms with Crippen molar-refractivity contribution in [3.63, 3.8) is 0 Å². The summed E-state index contributed by atoms with van der Waals surface area (Å²) in [5.41, 5.74) is 0.424. The van der Waals surface area contributed by atoms with Crippen LogP contribution in [0.4, 0.5) is 0 Å². The van der Waals surface area contributed by atoms with Crippen molar-refractivity contribution in [2.45, 2.75) is 33.1 Å². The minimum atomic E-state index is 0.424. The van der Waals surface area contributed by atoms with Gasteiger partial charge in [0.2, 0.25) is 0 Å². The van der Waals surface area contributed by atoms with Gasteiger partial charge in [-0.2, -0.15) is 0 Å². The number of ether oxygens (including phenoxy) is 1. The lowest BCUT2D eigenvalue weighted by atomic mass is 9.68. The quantitative estimate of drug-likeness (QED) is 0.588. The fourth-order valence-corrected chi connectivity index (χ4v) is 1.68. The molecule has 1 aliphatic rings. The van der Waals surface area contributed by atoms with E-state index in [0.29, 0.717) is 5.41 Å². The molecule has 1 aliphatic carbocycles. The zero-order chi connectivity index (χ0) is 7.61. The summed E-state index contributed by atoms with van der Waals surface area (Å²) in [5, 5.41) is 0. The van der Waals surface area contributed by atoms with E-state index in [4.69, 9.17) is 4.74 Å². The Kier molecular flexibility index (Phi) is 2.35. The van der Waals surface area contributed by atoms with Crippen LogP contribution >= 0.6 is 0 Å². The Morgan fingerprint density at radius 3 is 2.30 bits per heavy atom. The molecule has 0 atom stereocenters. The summed E-state index contributed by atoms with van der Waals surface area (Å²) in [5.74, 6) is 0.924. The van der Waals surface area contributed by atoms with Gasteiger partial charge in [-0.25, -0.2) is 0 Å². The van der Waals surface area contributed by atoms with E-state index in [1.54, 1.807) is 7.11 Å². The molecule has 1 nitrogen and oxygen atoms in total. The van der Waals surface area contributed by atoms with Gasteiger partial charge in [-0.05, 0) is 24.2 Å². The molecular formula is C9H18O. The van der Waals surface area contributed by atoms with Gasteiger partial charge in [-0.15, -0.1) is 0 Å². The lowest BCUT2D eigenvalue weighted by molar-refractivity contribution is 0.0256. The van der Waals surface area contributed by atoms with Crippen molar-refractivity contribution in [3.8, 4) is 0 Å². The van der Waals surface area contributed by atoms with Crippen molar-refractivity contribution in [1.29, 1.82) is 0 Å². The highest BCUT2D eigenvalue weighted by atomic mass is 16.5. The molecule has 0 heterocycles. The molecule has 60 valence electrons. The maximum absolute atomic E-state index is 5.16. The molecule has 0 aliphatic heterocycles. The Morgan fingerprint density at radius 2 is 2.00 bits per heavy atom. The molecule has 0 radical (unpaired) electrons. The van der Waals surface area contributed by atoms with Gasteiger partial charge in [0.25, 0.3) is 0 Å². The highest BCUT2D eigenvalue weighted by Crippen LogP contribution is 2.41. The molecule has 0 saturated heterocycles. The molecule has 0 bridgehead atoms. The summed E-state index contributed by atoms with van der Waals surface area (Å²) in [4.78, 5) is 0. The molecule has 0 unspecified atom stereocenters. The molecule has 10 heavy (non-hydrogen) atoms. The fourth-order valence-electron chi connectivity index (χ4n) is 1.68. The summed E-state index contributed by atoms with van der Waals surface area (Å²) in [7, 11) is 1.79. The topological polar surface area (TPSA) is 9.23 Å². The van der Waals surface area contributed by atoms with E-state index in [1.807, 2.05) is 0 Å². The van der Waals surface area contributed by atoms with E-state index in [9.17, 15) is 0 Å². The third kappa shape index (κ3) is 1.51. The van der Waals surface area contributed by atoms with Crippen molar-refractivity contribution in [1.82, 2.24) is 0 Å². The van der Waals surface area contributed by atoms with Crippen LogP contribution in [0.25, 0.3) is 0 Å². The van der Waals surface area contributed by atoms with Crippen molar-refractivity contribution in [3.05, 3.63) is 0 Å². The SMILES string of the molecule is COCC(C)(C)C1CCC1. The van der Waals surface area contributed by atoms with E-state index in [2.05, 4.69) is 13.8 Å². The summed E-state index contributed by atoms with van der Waals surface area (Å²) in [6.45, 7) is 5.53. The Balaban J connectivity index is 2.33. The first-order valence-corrected chi connectivity index (χ1v) is 4.16. The minimum absolute atomic E-state index is 0.424. The third-order valence-electron chi connectivity index (χ3n) is 2.73. The number of rotatable bonds is 3. The summed E-state index contributed by atoms with van der Waals surface area (Å²) in [6.07, 6.45) is 4.25. The zero-order valence-corrected chi connectivity index (χ0v) is 7.31. The molecule has 1 rings (SSSR count). The third-order valence-corrected chi connectivity index (χ3v) is 2.73. The maximum atomic E-state index is 5.16. The average Bonchev–Trinajstić information content (AvgIpc) is 1.56. The largest absolute Gasteiger partial charge is 0.384 e. The predicted octanol–water partition coefficient (Wildman–Crippen LogP) is 2.46. The normalized spacial score (nSPS) is 20.7. The van der Waals surface area contributed by atoms with E-state index in [1.165, 1.54) is 19.3 Å². The molecule has 0 aromatic heterocycles. The Hall–Kier alpha value is -0.0400.